The monoisotopic (exact) mass is 453 g/mol. The number of methoxy groups -OCH3 is 2. The first kappa shape index (κ1) is 21.9. The molecule has 1 aliphatic heterocycles. The quantitative estimate of drug-likeness (QED) is 0.442. The second kappa shape index (κ2) is 9.53. The van der Waals surface area contributed by atoms with Crippen molar-refractivity contribution in [1.82, 2.24) is 9.88 Å². The molecule has 172 valence electrons. The Bertz CT molecular complexity index is 1320. The van der Waals surface area contributed by atoms with Gasteiger partial charge in [-0.05, 0) is 41.3 Å². The predicted octanol–water partition coefficient (Wildman–Crippen LogP) is 5.06. The van der Waals surface area contributed by atoms with Crippen molar-refractivity contribution in [1.29, 1.82) is 0 Å². The van der Waals surface area contributed by atoms with Gasteiger partial charge in [0.15, 0.2) is 0 Å². The molecule has 0 saturated carbocycles. The SMILES string of the molecule is COc1cc(NC(=O)c2cccc3c2CCN(Cc2ccnc4ccccc24)C3)cc(OC)c1. The van der Waals surface area contributed by atoms with E-state index < -0.39 is 0 Å². The summed E-state index contributed by atoms with van der Waals surface area (Å²) in [7, 11) is 3.18. The molecule has 1 amide bonds. The highest BCUT2D eigenvalue weighted by molar-refractivity contribution is 6.05. The maximum atomic E-state index is 13.2. The van der Waals surface area contributed by atoms with Gasteiger partial charge in [-0.1, -0.05) is 30.3 Å². The largest absolute Gasteiger partial charge is 0.497 e. The van der Waals surface area contributed by atoms with Crippen LogP contribution in [0.2, 0.25) is 0 Å². The Morgan fingerprint density at radius 1 is 1.00 bits per heavy atom. The third-order valence-corrected chi connectivity index (χ3v) is 6.33. The van der Waals surface area contributed by atoms with E-state index in [1.54, 1.807) is 32.4 Å². The Hall–Kier alpha value is -3.90. The minimum atomic E-state index is -0.124. The van der Waals surface area contributed by atoms with Crippen molar-refractivity contribution in [3.05, 3.63) is 95.2 Å². The fourth-order valence-corrected chi connectivity index (χ4v) is 4.63. The Labute approximate surface area is 199 Å². The summed E-state index contributed by atoms with van der Waals surface area (Å²) in [6.45, 7) is 2.55. The van der Waals surface area contributed by atoms with Crippen LogP contribution in [0.1, 0.15) is 27.0 Å². The van der Waals surface area contributed by atoms with E-state index in [1.807, 2.05) is 30.5 Å². The van der Waals surface area contributed by atoms with E-state index in [9.17, 15) is 4.79 Å². The molecule has 34 heavy (non-hydrogen) atoms. The van der Waals surface area contributed by atoms with Gasteiger partial charge in [0, 0.05) is 60.7 Å². The number of anilines is 1. The van der Waals surface area contributed by atoms with E-state index in [0.29, 0.717) is 22.7 Å². The van der Waals surface area contributed by atoms with Crippen molar-refractivity contribution in [2.45, 2.75) is 19.5 Å². The van der Waals surface area contributed by atoms with Crippen LogP contribution in [-0.2, 0) is 19.5 Å². The summed E-state index contributed by atoms with van der Waals surface area (Å²) in [5, 5.41) is 4.20. The lowest BCUT2D eigenvalue weighted by molar-refractivity contribution is 0.102. The van der Waals surface area contributed by atoms with Crippen molar-refractivity contribution in [2.24, 2.45) is 0 Å². The Kier molecular flexibility index (Phi) is 6.14. The molecule has 0 spiro atoms. The number of benzene rings is 3. The summed E-state index contributed by atoms with van der Waals surface area (Å²) in [4.78, 5) is 20.1. The van der Waals surface area contributed by atoms with Crippen LogP contribution in [0.25, 0.3) is 10.9 Å². The number of hydrogen-bond donors (Lipinski definition) is 1. The Morgan fingerprint density at radius 3 is 2.59 bits per heavy atom. The van der Waals surface area contributed by atoms with E-state index in [2.05, 4.69) is 39.5 Å². The standard InChI is InChI=1S/C28H27N3O3/c1-33-22-14-21(15-23(16-22)34-2)30-28(32)26-8-5-6-19-17-31(13-11-24(19)26)18-20-10-12-29-27-9-4-3-7-25(20)27/h3-10,12,14-16H,11,13,17-18H2,1-2H3,(H,30,32). The number of nitrogens with zero attached hydrogens (tertiary/aromatic N) is 2. The maximum absolute atomic E-state index is 13.2. The topological polar surface area (TPSA) is 63.7 Å². The number of ether oxygens (including phenoxy) is 2. The average molecular weight is 454 g/mol. The van der Waals surface area contributed by atoms with Gasteiger partial charge < -0.3 is 14.8 Å². The maximum Gasteiger partial charge on any atom is 0.255 e. The number of rotatable bonds is 6. The van der Waals surface area contributed by atoms with Crippen molar-refractivity contribution >= 4 is 22.5 Å². The zero-order chi connectivity index (χ0) is 23.5. The second-order valence-corrected chi connectivity index (χ2v) is 8.45. The van der Waals surface area contributed by atoms with Crippen LogP contribution >= 0.6 is 0 Å². The summed E-state index contributed by atoms with van der Waals surface area (Å²) in [6.07, 6.45) is 2.70. The zero-order valence-corrected chi connectivity index (χ0v) is 19.4. The van der Waals surface area contributed by atoms with Crippen molar-refractivity contribution < 1.29 is 14.3 Å². The molecule has 0 atom stereocenters. The highest BCUT2D eigenvalue weighted by Gasteiger charge is 2.22. The number of carbonyl (C=O) groups is 1. The van der Waals surface area contributed by atoms with Crippen LogP contribution in [0.4, 0.5) is 5.69 Å². The molecular formula is C28H27N3O3. The van der Waals surface area contributed by atoms with Crippen LogP contribution in [0.3, 0.4) is 0 Å². The zero-order valence-electron chi connectivity index (χ0n) is 19.4. The van der Waals surface area contributed by atoms with Gasteiger partial charge >= 0.3 is 0 Å². The first-order valence-corrected chi connectivity index (χ1v) is 11.3. The van der Waals surface area contributed by atoms with Gasteiger partial charge in [0.25, 0.3) is 5.91 Å². The molecule has 0 bridgehead atoms. The first-order valence-electron chi connectivity index (χ1n) is 11.3. The fraction of sp³-hybridized carbons (Fsp3) is 0.214. The van der Waals surface area contributed by atoms with Gasteiger partial charge in [0.1, 0.15) is 11.5 Å². The van der Waals surface area contributed by atoms with Crippen LogP contribution in [0.15, 0.2) is 72.9 Å². The molecule has 0 radical (unpaired) electrons. The van der Waals surface area contributed by atoms with Gasteiger partial charge in [0.2, 0.25) is 0 Å². The number of amides is 1. The third kappa shape index (κ3) is 4.45. The van der Waals surface area contributed by atoms with Crippen LogP contribution in [0.5, 0.6) is 11.5 Å². The molecule has 0 fully saturated rings. The number of carbonyl (C=O) groups excluding carboxylic acids is 1. The summed E-state index contributed by atoms with van der Waals surface area (Å²) in [5.41, 5.74) is 5.96. The number of aromatic nitrogens is 1. The normalized spacial score (nSPS) is 13.4. The highest BCUT2D eigenvalue weighted by Crippen LogP contribution is 2.29. The predicted molar refractivity (Wildman–Crippen MR) is 134 cm³/mol. The molecule has 5 rings (SSSR count). The minimum Gasteiger partial charge on any atom is -0.497 e. The molecule has 4 aromatic rings. The molecular weight excluding hydrogens is 426 g/mol. The van der Waals surface area contributed by atoms with Crippen LogP contribution in [0, 0.1) is 0 Å². The molecule has 0 aliphatic carbocycles. The van der Waals surface area contributed by atoms with Crippen molar-refractivity contribution in [3.8, 4) is 11.5 Å². The van der Waals surface area contributed by atoms with Crippen molar-refractivity contribution in [2.75, 3.05) is 26.1 Å². The molecule has 1 aliphatic rings. The van der Waals surface area contributed by atoms with Gasteiger partial charge in [-0.2, -0.15) is 0 Å². The van der Waals surface area contributed by atoms with E-state index in [4.69, 9.17) is 9.47 Å². The number of fused-ring (bicyclic) bond motifs is 2. The molecule has 3 aromatic carbocycles. The lowest BCUT2D eigenvalue weighted by Crippen LogP contribution is -2.31. The van der Waals surface area contributed by atoms with E-state index in [1.165, 1.54) is 16.5 Å². The van der Waals surface area contributed by atoms with Crippen molar-refractivity contribution in [3.63, 3.8) is 0 Å². The fourth-order valence-electron chi connectivity index (χ4n) is 4.63. The van der Waals surface area contributed by atoms with Crippen LogP contribution < -0.4 is 14.8 Å². The average Bonchev–Trinajstić information content (AvgIpc) is 2.88. The van der Waals surface area contributed by atoms with Gasteiger partial charge in [0.05, 0.1) is 19.7 Å². The molecule has 0 unspecified atom stereocenters. The third-order valence-electron chi connectivity index (χ3n) is 6.33. The van der Waals surface area contributed by atoms with E-state index >= 15 is 0 Å². The second-order valence-electron chi connectivity index (χ2n) is 8.45. The first-order chi connectivity index (χ1) is 16.6. The number of nitrogens with one attached hydrogen (secondary N) is 1. The number of pyridine rings is 1. The lowest BCUT2D eigenvalue weighted by atomic mass is 9.93. The van der Waals surface area contributed by atoms with E-state index in [0.717, 1.165) is 37.1 Å². The number of para-hydroxylation sites is 1. The summed E-state index contributed by atoms with van der Waals surface area (Å²) in [6, 6.07) is 21.7. The Balaban J connectivity index is 1.35. The molecule has 1 aromatic heterocycles. The minimum absolute atomic E-state index is 0.124. The smallest absolute Gasteiger partial charge is 0.255 e. The Morgan fingerprint density at radius 2 is 1.79 bits per heavy atom. The summed E-state index contributed by atoms with van der Waals surface area (Å²) in [5.74, 6) is 1.13. The van der Waals surface area contributed by atoms with E-state index in [-0.39, 0.29) is 5.91 Å². The highest BCUT2D eigenvalue weighted by atomic mass is 16.5. The molecule has 0 saturated heterocycles. The molecule has 2 heterocycles. The lowest BCUT2D eigenvalue weighted by Gasteiger charge is -2.30. The van der Waals surface area contributed by atoms with Gasteiger partial charge in [-0.3, -0.25) is 14.7 Å². The summed E-state index contributed by atoms with van der Waals surface area (Å²) >= 11 is 0. The molecule has 6 heteroatoms. The number of hydrogen-bond acceptors (Lipinski definition) is 5. The summed E-state index contributed by atoms with van der Waals surface area (Å²) < 4.78 is 10.6. The van der Waals surface area contributed by atoms with Gasteiger partial charge in [-0.15, -0.1) is 0 Å². The molecule has 6 nitrogen and oxygen atoms in total. The molecule has 1 N–H and O–H groups in total. The van der Waals surface area contributed by atoms with Gasteiger partial charge in [-0.25, -0.2) is 0 Å². The van der Waals surface area contributed by atoms with Crippen LogP contribution in [-0.4, -0.2) is 36.6 Å².